The van der Waals surface area contributed by atoms with Gasteiger partial charge in [-0.3, -0.25) is 4.79 Å². The van der Waals surface area contributed by atoms with Gasteiger partial charge in [0, 0.05) is 29.1 Å². The molecule has 1 atom stereocenters. The van der Waals surface area contributed by atoms with Crippen LogP contribution in [0.4, 0.5) is 11.5 Å². The van der Waals surface area contributed by atoms with E-state index in [9.17, 15) is 4.79 Å². The van der Waals surface area contributed by atoms with E-state index in [-0.39, 0.29) is 11.9 Å². The molecule has 5 nitrogen and oxygen atoms in total. The minimum Gasteiger partial charge on any atom is -0.350 e. The van der Waals surface area contributed by atoms with E-state index in [4.69, 9.17) is 0 Å². The Morgan fingerprint density at radius 2 is 1.77 bits per heavy atom. The fourth-order valence-electron chi connectivity index (χ4n) is 2.42. The van der Waals surface area contributed by atoms with Crippen LogP contribution >= 0.6 is 0 Å². The average Bonchev–Trinajstić information content (AvgIpc) is 2.69. The lowest BCUT2D eigenvalue weighted by atomic mass is 10.1. The Balaban J connectivity index is 1.71. The van der Waals surface area contributed by atoms with Crippen LogP contribution in [0.25, 0.3) is 11.4 Å². The maximum Gasteiger partial charge on any atom is 0.251 e. The first kappa shape index (κ1) is 17.6. The molecule has 0 bridgehead atoms. The molecule has 5 heteroatoms. The molecule has 0 fully saturated rings. The number of aromatic nitrogens is 2. The van der Waals surface area contributed by atoms with E-state index in [0.29, 0.717) is 17.2 Å². The van der Waals surface area contributed by atoms with Crippen molar-refractivity contribution in [1.82, 2.24) is 15.3 Å². The largest absolute Gasteiger partial charge is 0.350 e. The van der Waals surface area contributed by atoms with Crippen LogP contribution in [0.5, 0.6) is 0 Å². The van der Waals surface area contributed by atoms with Crippen molar-refractivity contribution in [2.45, 2.75) is 26.3 Å². The molecule has 3 aromatic rings. The molecule has 26 heavy (non-hydrogen) atoms. The van der Waals surface area contributed by atoms with E-state index in [1.807, 2.05) is 62.4 Å². The second kappa shape index (κ2) is 8.25. The Morgan fingerprint density at radius 1 is 1.04 bits per heavy atom. The van der Waals surface area contributed by atoms with E-state index >= 15 is 0 Å². The van der Waals surface area contributed by atoms with Crippen molar-refractivity contribution in [2.24, 2.45) is 0 Å². The second-order valence-corrected chi connectivity index (χ2v) is 6.12. The normalized spacial score (nSPS) is 11.6. The molecule has 0 saturated carbocycles. The smallest absolute Gasteiger partial charge is 0.251 e. The number of carbonyl (C=O) groups is 1. The summed E-state index contributed by atoms with van der Waals surface area (Å²) in [5.41, 5.74) is 2.47. The predicted octanol–water partition coefficient (Wildman–Crippen LogP) is 4.42. The quantitative estimate of drug-likeness (QED) is 0.693. The summed E-state index contributed by atoms with van der Waals surface area (Å²) in [7, 11) is 0. The Hall–Kier alpha value is -3.21. The van der Waals surface area contributed by atoms with Crippen molar-refractivity contribution in [2.75, 3.05) is 5.32 Å². The van der Waals surface area contributed by atoms with E-state index in [1.165, 1.54) is 0 Å². The summed E-state index contributed by atoms with van der Waals surface area (Å²) in [6, 6.07) is 19.2. The van der Waals surface area contributed by atoms with Gasteiger partial charge in [0.25, 0.3) is 5.91 Å². The maximum atomic E-state index is 12.1. The third kappa shape index (κ3) is 4.45. The van der Waals surface area contributed by atoms with Gasteiger partial charge in [0.15, 0.2) is 5.82 Å². The first-order valence-corrected chi connectivity index (χ1v) is 8.72. The van der Waals surface area contributed by atoms with Crippen molar-refractivity contribution in [3.8, 4) is 11.4 Å². The third-order valence-electron chi connectivity index (χ3n) is 4.10. The molecular formula is C21H22N4O. The first-order chi connectivity index (χ1) is 12.7. The Bertz CT molecular complexity index is 863. The fraction of sp³-hybridized carbons (Fsp3) is 0.190. The molecule has 1 aromatic heterocycles. The van der Waals surface area contributed by atoms with Gasteiger partial charge in [0.05, 0.1) is 0 Å². The summed E-state index contributed by atoms with van der Waals surface area (Å²) in [5.74, 6) is 1.31. The molecule has 132 valence electrons. The van der Waals surface area contributed by atoms with Gasteiger partial charge < -0.3 is 10.6 Å². The van der Waals surface area contributed by atoms with Crippen LogP contribution in [0.2, 0.25) is 0 Å². The van der Waals surface area contributed by atoms with Gasteiger partial charge >= 0.3 is 0 Å². The summed E-state index contributed by atoms with van der Waals surface area (Å²) in [4.78, 5) is 21.0. The molecule has 0 aliphatic carbocycles. The predicted molar refractivity (Wildman–Crippen MR) is 104 cm³/mol. The number of anilines is 2. The topological polar surface area (TPSA) is 66.9 Å². The number of benzene rings is 2. The monoisotopic (exact) mass is 346 g/mol. The van der Waals surface area contributed by atoms with Gasteiger partial charge in [-0.05, 0) is 43.7 Å². The van der Waals surface area contributed by atoms with Gasteiger partial charge in [-0.1, -0.05) is 37.3 Å². The van der Waals surface area contributed by atoms with Gasteiger partial charge in [0.1, 0.15) is 5.82 Å². The van der Waals surface area contributed by atoms with Crippen molar-refractivity contribution in [3.63, 3.8) is 0 Å². The van der Waals surface area contributed by atoms with Crippen LogP contribution in [0.15, 0.2) is 66.9 Å². The van der Waals surface area contributed by atoms with Crippen molar-refractivity contribution < 1.29 is 4.79 Å². The standard InChI is InChI=1S/C21H22N4O/c1-3-15(2)23-21(26)17-9-11-18(12-10-17)24-19-13-14-22-20(25-19)16-7-5-4-6-8-16/h4-15H,3H2,1-2H3,(H,23,26)(H,22,24,25). The number of amides is 1. The Morgan fingerprint density at radius 3 is 2.46 bits per heavy atom. The lowest BCUT2D eigenvalue weighted by Gasteiger charge is -2.12. The summed E-state index contributed by atoms with van der Waals surface area (Å²) in [5, 5.41) is 6.21. The van der Waals surface area contributed by atoms with Crippen molar-refractivity contribution in [3.05, 3.63) is 72.4 Å². The molecular weight excluding hydrogens is 324 g/mol. The molecule has 1 heterocycles. The highest BCUT2D eigenvalue weighted by molar-refractivity contribution is 5.94. The molecule has 2 aromatic carbocycles. The van der Waals surface area contributed by atoms with Crippen molar-refractivity contribution in [1.29, 1.82) is 0 Å². The molecule has 2 N–H and O–H groups in total. The Labute approximate surface area is 153 Å². The third-order valence-corrected chi connectivity index (χ3v) is 4.10. The summed E-state index contributed by atoms with van der Waals surface area (Å²) >= 11 is 0. The van der Waals surface area contributed by atoms with Gasteiger partial charge in [0.2, 0.25) is 0 Å². The Kier molecular flexibility index (Phi) is 5.59. The number of nitrogens with zero attached hydrogens (tertiary/aromatic N) is 2. The summed E-state index contributed by atoms with van der Waals surface area (Å²) in [6.07, 6.45) is 2.63. The minimum absolute atomic E-state index is 0.0562. The molecule has 0 aliphatic rings. The number of hydrogen-bond donors (Lipinski definition) is 2. The molecule has 1 unspecified atom stereocenters. The van der Waals surface area contributed by atoms with Crippen LogP contribution < -0.4 is 10.6 Å². The fourth-order valence-corrected chi connectivity index (χ4v) is 2.42. The van der Waals surface area contributed by atoms with E-state index in [1.54, 1.807) is 18.3 Å². The highest BCUT2D eigenvalue weighted by Gasteiger charge is 2.08. The van der Waals surface area contributed by atoms with Crippen LogP contribution in [0.3, 0.4) is 0 Å². The first-order valence-electron chi connectivity index (χ1n) is 8.72. The number of carbonyl (C=O) groups excluding carboxylic acids is 1. The number of rotatable bonds is 6. The lowest BCUT2D eigenvalue weighted by molar-refractivity contribution is 0.0939. The van der Waals surface area contributed by atoms with E-state index < -0.39 is 0 Å². The zero-order chi connectivity index (χ0) is 18.4. The van der Waals surface area contributed by atoms with E-state index in [2.05, 4.69) is 20.6 Å². The van der Waals surface area contributed by atoms with Crippen LogP contribution in [0.1, 0.15) is 30.6 Å². The van der Waals surface area contributed by atoms with Crippen molar-refractivity contribution >= 4 is 17.4 Å². The zero-order valence-corrected chi connectivity index (χ0v) is 14.9. The number of nitrogens with one attached hydrogen (secondary N) is 2. The maximum absolute atomic E-state index is 12.1. The minimum atomic E-state index is -0.0562. The highest BCUT2D eigenvalue weighted by Crippen LogP contribution is 2.19. The molecule has 0 spiro atoms. The second-order valence-electron chi connectivity index (χ2n) is 6.12. The van der Waals surface area contributed by atoms with Gasteiger partial charge in [-0.15, -0.1) is 0 Å². The SMILES string of the molecule is CCC(C)NC(=O)c1ccc(Nc2ccnc(-c3ccccc3)n2)cc1. The van der Waals surface area contributed by atoms with Crippen LogP contribution in [0, 0.1) is 0 Å². The molecule has 0 radical (unpaired) electrons. The molecule has 1 amide bonds. The zero-order valence-electron chi connectivity index (χ0n) is 14.9. The van der Waals surface area contributed by atoms with Gasteiger partial charge in [-0.25, -0.2) is 9.97 Å². The van der Waals surface area contributed by atoms with Gasteiger partial charge in [-0.2, -0.15) is 0 Å². The number of hydrogen-bond acceptors (Lipinski definition) is 4. The molecule has 0 aliphatic heterocycles. The van der Waals surface area contributed by atoms with Crippen LogP contribution in [-0.4, -0.2) is 21.9 Å². The molecule has 0 saturated heterocycles. The lowest BCUT2D eigenvalue weighted by Crippen LogP contribution is -2.31. The highest BCUT2D eigenvalue weighted by atomic mass is 16.1. The summed E-state index contributed by atoms with van der Waals surface area (Å²) in [6.45, 7) is 4.04. The molecule has 3 rings (SSSR count). The summed E-state index contributed by atoms with van der Waals surface area (Å²) < 4.78 is 0. The van der Waals surface area contributed by atoms with E-state index in [0.717, 1.165) is 17.7 Å². The average molecular weight is 346 g/mol. The van der Waals surface area contributed by atoms with Crippen LogP contribution in [-0.2, 0) is 0 Å².